The second kappa shape index (κ2) is 9.22. The number of thioether (sulfide) groups is 1. The molecule has 6 rings (SSSR count). The highest BCUT2D eigenvalue weighted by Gasteiger charge is 2.26. The number of amides is 1. The normalized spacial score (nSPS) is 16.7. The quantitative estimate of drug-likeness (QED) is 0.231. The summed E-state index contributed by atoms with van der Waals surface area (Å²) >= 11 is 2.85. The number of rotatable bonds is 5. The number of benzene rings is 2. The Morgan fingerprint density at radius 1 is 1.22 bits per heavy atom. The van der Waals surface area contributed by atoms with E-state index in [0.717, 1.165) is 35.3 Å². The number of para-hydroxylation sites is 1. The van der Waals surface area contributed by atoms with Gasteiger partial charge in [-0.25, -0.2) is 4.98 Å². The fourth-order valence-electron chi connectivity index (χ4n) is 4.74. The fraction of sp³-hybridized carbons (Fsp3) is 0.259. The van der Waals surface area contributed by atoms with E-state index in [-0.39, 0.29) is 29.6 Å². The van der Waals surface area contributed by atoms with E-state index in [1.54, 1.807) is 34.1 Å². The zero-order valence-electron chi connectivity index (χ0n) is 19.6. The number of ether oxygens (including phenoxy) is 1. The van der Waals surface area contributed by atoms with Gasteiger partial charge in [0.25, 0.3) is 11.5 Å². The average Bonchev–Trinajstić information content (AvgIpc) is 3.24. The van der Waals surface area contributed by atoms with Crippen LogP contribution >= 0.6 is 23.1 Å². The second-order valence-electron chi connectivity index (χ2n) is 9.16. The molecule has 0 unspecified atom stereocenters. The highest BCUT2D eigenvalue weighted by Crippen LogP contribution is 2.37. The number of carbonyl (C=O) groups is 2. The van der Waals surface area contributed by atoms with Crippen LogP contribution in [-0.4, -0.2) is 33.6 Å². The highest BCUT2D eigenvalue weighted by molar-refractivity contribution is 7.99. The third-order valence-electron chi connectivity index (χ3n) is 6.58. The van der Waals surface area contributed by atoms with Gasteiger partial charge in [0, 0.05) is 10.4 Å². The van der Waals surface area contributed by atoms with Crippen molar-refractivity contribution in [2.75, 3.05) is 17.7 Å². The van der Waals surface area contributed by atoms with Crippen molar-refractivity contribution >= 4 is 50.7 Å². The molecule has 3 heterocycles. The monoisotopic (exact) mass is 517 g/mol. The minimum absolute atomic E-state index is 0.0353. The lowest BCUT2D eigenvalue weighted by Crippen LogP contribution is -2.25. The Morgan fingerprint density at radius 3 is 2.89 bits per heavy atom. The first-order valence-electron chi connectivity index (χ1n) is 11.8. The van der Waals surface area contributed by atoms with Crippen molar-refractivity contribution in [3.8, 4) is 11.4 Å². The molecule has 182 valence electrons. The van der Waals surface area contributed by atoms with Gasteiger partial charge in [0.05, 0.1) is 22.5 Å². The summed E-state index contributed by atoms with van der Waals surface area (Å²) in [6.45, 7) is 2.21. The van der Waals surface area contributed by atoms with E-state index in [2.05, 4.69) is 12.2 Å². The van der Waals surface area contributed by atoms with Crippen LogP contribution in [0.15, 0.2) is 58.5 Å². The Kier molecular flexibility index (Phi) is 5.89. The first-order chi connectivity index (χ1) is 17.5. The van der Waals surface area contributed by atoms with E-state index in [0.29, 0.717) is 33.5 Å². The summed E-state index contributed by atoms with van der Waals surface area (Å²) in [5, 5.41) is 3.94. The van der Waals surface area contributed by atoms with Gasteiger partial charge in [-0.1, -0.05) is 36.9 Å². The zero-order valence-corrected chi connectivity index (χ0v) is 21.2. The summed E-state index contributed by atoms with van der Waals surface area (Å²) in [7, 11) is 0. The minimum Gasteiger partial charge on any atom is -0.482 e. The molecule has 0 bridgehead atoms. The number of aryl methyl sites for hydroxylation is 1. The maximum absolute atomic E-state index is 13.8. The summed E-state index contributed by atoms with van der Waals surface area (Å²) in [5.41, 5.74) is 2.73. The summed E-state index contributed by atoms with van der Waals surface area (Å²) in [4.78, 5) is 45.5. The molecule has 36 heavy (non-hydrogen) atoms. The molecule has 1 aliphatic carbocycles. The third kappa shape index (κ3) is 4.12. The number of hydrogen-bond acceptors (Lipinski definition) is 7. The molecular weight excluding hydrogens is 494 g/mol. The zero-order chi connectivity index (χ0) is 24.8. The Bertz CT molecular complexity index is 1580. The molecule has 2 aliphatic rings. The van der Waals surface area contributed by atoms with E-state index >= 15 is 0 Å². The van der Waals surface area contributed by atoms with Gasteiger partial charge in [-0.15, -0.1) is 11.3 Å². The molecule has 2 aromatic heterocycles. The van der Waals surface area contributed by atoms with Crippen molar-refractivity contribution in [3.05, 3.63) is 74.9 Å². The van der Waals surface area contributed by atoms with Crippen molar-refractivity contribution < 1.29 is 14.3 Å². The number of fused-ring (bicyclic) bond motifs is 4. The number of carbonyl (C=O) groups excluding carboxylic acids is 2. The summed E-state index contributed by atoms with van der Waals surface area (Å²) in [6.07, 6.45) is 2.94. The summed E-state index contributed by atoms with van der Waals surface area (Å²) in [5.74, 6) is 0.857. The predicted octanol–water partition coefficient (Wildman–Crippen LogP) is 4.88. The Hall–Kier alpha value is -3.43. The molecule has 7 nitrogen and oxygen atoms in total. The Balaban J connectivity index is 1.37. The van der Waals surface area contributed by atoms with Gasteiger partial charge in [0.15, 0.2) is 17.5 Å². The van der Waals surface area contributed by atoms with Crippen LogP contribution in [-0.2, 0) is 17.6 Å². The van der Waals surface area contributed by atoms with Crippen molar-refractivity contribution in [1.82, 2.24) is 9.55 Å². The number of ketones is 1. The molecule has 1 N–H and O–H groups in total. The number of nitrogens with one attached hydrogen (secondary N) is 1. The van der Waals surface area contributed by atoms with Crippen LogP contribution in [0.1, 0.15) is 34.1 Å². The molecule has 2 aromatic carbocycles. The number of thiophene rings is 1. The largest absolute Gasteiger partial charge is 0.482 e. The molecule has 0 saturated carbocycles. The lowest BCUT2D eigenvalue weighted by Gasteiger charge is -2.18. The average molecular weight is 518 g/mol. The fourth-order valence-corrected chi connectivity index (χ4v) is 7.07. The number of anilines is 1. The molecule has 1 amide bonds. The van der Waals surface area contributed by atoms with Crippen LogP contribution < -0.4 is 15.6 Å². The van der Waals surface area contributed by atoms with Gasteiger partial charge in [0.1, 0.15) is 10.6 Å². The smallest absolute Gasteiger partial charge is 0.267 e. The third-order valence-corrected chi connectivity index (χ3v) is 8.67. The maximum atomic E-state index is 13.8. The topological polar surface area (TPSA) is 90.3 Å². The first-order valence-corrected chi connectivity index (χ1v) is 13.6. The van der Waals surface area contributed by atoms with Gasteiger partial charge >= 0.3 is 0 Å². The lowest BCUT2D eigenvalue weighted by atomic mass is 9.89. The Morgan fingerprint density at radius 2 is 2.06 bits per heavy atom. The van der Waals surface area contributed by atoms with Gasteiger partial charge < -0.3 is 10.1 Å². The molecule has 1 atom stereocenters. The number of Topliss-reactive ketones (excluding diaryl/α,β-unsaturated/α-hetero) is 1. The molecule has 0 spiro atoms. The summed E-state index contributed by atoms with van der Waals surface area (Å²) in [6, 6.07) is 14.5. The van der Waals surface area contributed by atoms with Gasteiger partial charge in [-0.3, -0.25) is 19.0 Å². The Labute approximate surface area is 215 Å². The SMILES string of the molecule is C[C@@H]1CCc2c(sc3nc(SCC(=O)c4ccc5c(c4)NC(=O)CO5)n(-c4ccccc4)c(=O)c23)C1. The number of hydrogen-bond donors (Lipinski definition) is 1. The van der Waals surface area contributed by atoms with Crippen LogP contribution in [0.25, 0.3) is 15.9 Å². The molecular formula is C27H23N3O4S2. The van der Waals surface area contributed by atoms with Crippen LogP contribution in [0.4, 0.5) is 5.69 Å². The molecule has 0 fully saturated rings. The van der Waals surface area contributed by atoms with E-state index in [9.17, 15) is 14.4 Å². The van der Waals surface area contributed by atoms with Crippen molar-refractivity contribution in [2.24, 2.45) is 5.92 Å². The first kappa shape index (κ1) is 23.0. The van der Waals surface area contributed by atoms with E-state index in [1.165, 1.54) is 16.6 Å². The van der Waals surface area contributed by atoms with Gasteiger partial charge in [-0.2, -0.15) is 0 Å². The van der Waals surface area contributed by atoms with E-state index < -0.39 is 0 Å². The standard InChI is InChI=1S/C27H23N3O4S2/c1-15-7-9-18-22(11-15)36-25-24(18)26(33)30(17-5-3-2-4-6-17)27(29-25)35-14-20(31)16-8-10-21-19(12-16)28-23(32)13-34-21/h2-6,8,10,12,15H,7,9,11,13-14H2,1H3,(H,28,32)/t15-/m1/s1. The summed E-state index contributed by atoms with van der Waals surface area (Å²) < 4.78 is 7.02. The molecule has 1 aliphatic heterocycles. The molecule has 9 heteroatoms. The maximum Gasteiger partial charge on any atom is 0.267 e. The predicted molar refractivity (Wildman–Crippen MR) is 142 cm³/mol. The van der Waals surface area contributed by atoms with Crippen molar-refractivity contribution in [2.45, 2.75) is 31.3 Å². The van der Waals surface area contributed by atoms with E-state index in [4.69, 9.17) is 9.72 Å². The van der Waals surface area contributed by atoms with Crippen LogP contribution in [0.2, 0.25) is 0 Å². The van der Waals surface area contributed by atoms with Crippen LogP contribution in [0, 0.1) is 5.92 Å². The van der Waals surface area contributed by atoms with Crippen molar-refractivity contribution in [3.63, 3.8) is 0 Å². The highest BCUT2D eigenvalue weighted by atomic mass is 32.2. The molecule has 0 radical (unpaired) electrons. The molecule has 4 aromatic rings. The van der Waals surface area contributed by atoms with Crippen LogP contribution in [0.5, 0.6) is 5.75 Å². The number of nitrogens with zero attached hydrogens (tertiary/aromatic N) is 2. The van der Waals surface area contributed by atoms with Gasteiger partial charge in [-0.05, 0) is 61.1 Å². The van der Waals surface area contributed by atoms with Crippen molar-refractivity contribution in [1.29, 1.82) is 0 Å². The van der Waals surface area contributed by atoms with E-state index in [1.807, 2.05) is 30.3 Å². The lowest BCUT2D eigenvalue weighted by molar-refractivity contribution is -0.118. The molecule has 0 saturated heterocycles. The van der Waals surface area contributed by atoms with Gasteiger partial charge in [0.2, 0.25) is 0 Å². The second-order valence-corrected chi connectivity index (χ2v) is 11.2. The van der Waals surface area contributed by atoms with Crippen LogP contribution in [0.3, 0.4) is 0 Å². The minimum atomic E-state index is -0.251. The number of aromatic nitrogens is 2.